The monoisotopic (exact) mass is 672 g/mol. The van der Waals surface area contributed by atoms with Gasteiger partial charge in [0.1, 0.15) is 0 Å². The van der Waals surface area contributed by atoms with Crippen LogP contribution < -0.4 is 9.21 Å². The third-order valence-corrected chi connectivity index (χ3v) is 12.0. The lowest BCUT2D eigenvalue weighted by molar-refractivity contribution is -0.258. The van der Waals surface area contributed by atoms with E-state index in [1.165, 1.54) is 39.2 Å². The summed E-state index contributed by atoms with van der Waals surface area (Å²) in [6.07, 6.45) is -2.00. The molecule has 2 heterocycles. The highest BCUT2D eigenvalue weighted by molar-refractivity contribution is 7.92. The van der Waals surface area contributed by atoms with Gasteiger partial charge >= 0.3 is 6.18 Å². The molecule has 15 heteroatoms. The van der Waals surface area contributed by atoms with E-state index >= 15 is 0 Å². The molecule has 1 fully saturated rings. The first-order chi connectivity index (χ1) is 20.4. The maximum Gasteiger partial charge on any atom is 0.421 e. The van der Waals surface area contributed by atoms with Crippen LogP contribution in [-0.4, -0.2) is 75.4 Å². The van der Waals surface area contributed by atoms with Crippen molar-refractivity contribution in [3.63, 3.8) is 0 Å². The minimum Gasteiger partial charge on any atom is -0.376 e. The molecule has 9 nitrogen and oxygen atoms in total. The minimum atomic E-state index is -4.91. The summed E-state index contributed by atoms with van der Waals surface area (Å²) < 4.78 is 97.7. The van der Waals surface area contributed by atoms with Crippen molar-refractivity contribution in [1.29, 1.82) is 0 Å². The number of aromatic nitrogens is 1. The summed E-state index contributed by atoms with van der Waals surface area (Å²) in [6, 6.07) is 13.8. The SMILES string of the molecule is CC(C)CS(=O)(=O)N(C[C@H]1CN(S(=O)(=O)c2ccccc2S)CCN1c1ccc(C(C)(O)C(F)(F)F)cc1)c1cccnc1. The molecular weight excluding hydrogens is 638 g/mol. The van der Waals surface area contributed by atoms with Gasteiger partial charge in [-0.3, -0.25) is 9.29 Å². The zero-order chi connectivity index (χ0) is 32.5. The third kappa shape index (κ3) is 7.17. The molecule has 0 spiro atoms. The van der Waals surface area contributed by atoms with Crippen LogP contribution in [0.1, 0.15) is 26.3 Å². The van der Waals surface area contributed by atoms with Crippen LogP contribution in [0.25, 0.3) is 0 Å². The summed E-state index contributed by atoms with van der Waals surface area (Å²) in [5.74, 6) is -0.385. The predicted molar refractivity (Wildman–Crippen MR) is 166 cm³/mol. The van der Waals surface area contributed by atoms with E-state index in [2.05, 4.69) is 17.6 Å². The quantitative estimate of drug-likeness (QED) is 0.305. The molecule has 240 valence electrons. The Labute approximate surface area is 261 Å². The number of aliphatic hydroxyl groups is 1. The maximum atomic E-state index is 13.7. The number of anilines is 2. The predicted octanol–water partition coefficient (Wildman–Crippen LogP) is 4.51. The highest BCUT2D eigenvalue weighted by Crippen LogP contribution is 2.39. The summed E-state index contributed by atoms with van der Waals surface area (Å²) in [4.78, 5) is 6.12. The Morgan fingerprint density at radius 3 is 2.25 bits per heavy atom. The summed E-state index contributed by atoms with van der Waals surface area (Å²) in [6.45, 7) is 4.04. The smallest absolute Gasteiger partial charge is 0.376 e. The average molecular weight is 673 g/mol. The molecule has 4 rings (SSSR count). The van der Waals surface area contributed by atoms with Gasteiger partial charge in [0.25, 0.3) is 0 Å². The molecule has 1 saturated heterocycles. The van der Waals surface area contributed by atoms with E-state index in [0.717, 1.165) is 12.1 Å². The Kier molecular flexibility index (Phi) is 9.95. The van der Waals surface area contributed by atoms with Crippen LogP contribution in [0.5, 0.6) is 0 Å². The highest BCUT2D eigenvalue weighted by atomic mass is 32.2. The molecule has 2 atom stereocenters. The van der Waals surface area contributed by atoms with Crippen molar-refractivity contribution in [3.8, 4) is 0 Å². The normalized spacial score (nSPS) is 18.3. The van der Waals surface area contributed by atoms with Gasteiger partial charge in [-0.25, -0.2) is 16.8 Å². The number of alkyl halides is 3. The van der Waals surface area contributed by atoms with Crippen LogP contribution in [0.15, 0.2) is 82.8 Å². The minimum absolute atomic E-state index is 0.00538. The van der Waals surface area contributed by atoms with Gasteiger partial charge in [-0.1, -0.05) is 38.1 Å². The highest BCUT2D eigenvalue weighted by Gasteiger charge is 2.51. The van der Waals surface area contributed by atoms with Crippen molar-refractivity contribution in [2.75, 3.05) is 41.1 Å². The van der Waals surface area contributed by atoms with E-state index < -0.39 is 37.9 Å². The molecule has 3 aromatic rings. The van der Waals surface area contributed by atoms with Crippen molar-refractivity contribution < 1.29 is 35.1 Å². The van der Waals surface area contributed by atoms with Gasteiger partial charge in [-0.05, 0) is 54.8 Å². The van der Waals surface area contributed by atoms with Gasteiger partial charge in [-0.15, -0.1) is 12.6 Å². The molecule has 1 aromatic heterocycles. The number of hydrogen-bond donors (Lipinski definition) is 2. The van der Waals surface area contributed by atoms with Crippen molar-refractivity contribution in [2.45, 2.75) is 48.4 Å². The van der Waals surface area contributed by atoms with Crippen LogP contribution in [0, 0.1) is 5.92 Å². The lowest BCUT2D eigenvalue weighted by atomic mass is 9.95. The van der Waals surface area contributed by atoms with Crippen LogP contribution in [0.4, 0.5) is 24.5 Å². The molecule has 1 aliphatic rings. The van der Waals surface area contributed by atoms with E-state index in [0.29, 0.717) is 18.3 Å². The summed E-state index contributed by atoms with van der Waals surface area (Å²) in [7, 11) is -7.94. The number of benzene rings is 2. The van der Waals surface area contributed by atoms with Crippen LogP contribution in [-0.2, 0) is 25.6 Å². The topological polar surface area (TPSA) is 111 Å². The second-order valence-electron chi connectivity index (χ2n) is 11.2. The maximum absolute atomic E-state index is 13.7. The molecule has 1 unspecified atom stereocenters. The standard InChI is InChI=1S/C29H35F3N4O5S3/c1-21(2)20-43(38,39)36(24-7-6-14-33-17-24)19-25-18-34(44(40,41)27-9-5-4-8-26(27)42)15-16-35(25)23-12-10-22(11-13-23)28(3,37)29(30,31)32/h4-14,17,21,25,37,42H,15-16,18-20H2,1-3H3/t25-,28?/m1/s1. The molecule has 1 N–H and O–H groups in total. The van der Waals surface area contributed by atoms with Gasteiger partial charge in [0.15, 0.2) is 5.60 Å². The largest absolute Gasteiger partial charge is 0.421 e. The van der Waals surface area contributed by atoms with E-state index in [1.807, 2.05) is 0 Å². The molecule has 0 aliphatic carbocycles. The van der Waals surface area contributed by atoms with Crippen molar-refractivity contribution in [1.82, 2.24) is 9.29 Å². The Morgan fingerprint density at radius 2 is 1.68 bits per heavy atom. The number of pyridine rings is 1. The first-order valence-corrected chi connectivity index (χ1v) is 17.3. The number of halogens is 3. The second-order valence-corrected chi connectivity index (χ2v) is 15.5. The molecule has 1 aliphatic heterocycles. The first kappa shape index (κ1) is 34.0. The fourth-order valence-corrected chi connectivity index (χ4v) is 8.99. The fourth-order valence-electron chi connectivity index (χ4n) is 5.08. The number of nitrogens with zero attached hydrogens (tertiary/aromatic N) is 4. The number of rotatable bonds is 10. The van der Waals surface area contributed by atoms with Gasteiger partial charge < -0.3 is 10.0 Å². The van der Waals surface area contributed by atoms with E-state index in [4.69, 9.17) is 0 Å². The summed E-state index contributed by atoms with van der Waals surface area (Å²) >= 11 is 4.32. The third-order valence-electron chi connectivity index (χ3n) is 7.43. The van der Waals surface area contributed by atoms with Crippen molar-refractivity contribution in [2.24, 2.45) is 5.92 Å². The average Bonchev–Trinajstić information content (AvgIpc) is 2.95. The molecule has 0 radical (unpaired) electrons. The van der Waals surface area contributed by atoms with E-state index in [1.54, 1.807) is 49.1 Å². The molecule has 2 aromatic carbocycles. The van der Waals surface area contributed by atoms with Gasteiger partial charge in [-0.2, -0.15) is 17.5 Å². The molecule has 0 bridgehead atoms. The first-order valence-electron chi connectivity index (χ1n) is 13.8. The summed E-state index contributed by atoms with van der Waals surface area (Å²) in [5, 5.41) is 10.1. The molecule has 0 saturated carbocycles. The fraction of sp³-hybridized carbons (Fsp3) is 0.414. The molecule has 44 heavy (non-hydrogen) atoms. The van der Waals surface area contributed by atoms with Crippen LogP contribution >= 0.6 is 12.6 Å². The zero-order valence-corrected chi connectivity index (χ0v) is 26.9. The Balaban J connectivity index is 1.76. The number of hydrogen-bond acceptors (Lipinski definition) is 8. The second kappa shape index (κ2) is 12.9. The molecule has 0 amide bonds. The van der Waals surface area contributed by atoms with Crippen molar-refractivity contribution >= 4 is 44.1 Å². The Morgan fingerprint density at radius 1 is 1.02 bits per heavy atom. The number of thiol groups is 1. The van der Waals surface area contributed by atoms with Crippen LogP contribution in [0.3, 0.4) is 0 Å². The number of piperazine rings is 1. The van der Waals surface area contributed by atoms with Crippen molar-refractivity contribution in [3.05, 3.63) is 78.6 Å². The van der Waals surface area contributed by atoms with Gasteiger partial charge in [0.2, 0.25) is 20.0 Å². The number of sulfonamides is 2. The Hall–Kier alpha value is -2.85. The Bertz CT molecular complexity index is 1650. The van der Waals surface area contributed by atoms with E-state index in [-0.39, 0.29) is 53.2 Å². The van der Waals surface area contributed by atoms with Gasteiger partial charge in [0.05, 0.1) is 35.1 Å². The zero-order valence-electron chi connectivity index (χ0n) is 24.4. The van der Waals surface area contributed by atoms with Gasteiger partial charge in [0, 0.05) is 36.4 Å². The van der Waals surface area contributed by atoms with Crippen LogP contribution in [0.2, 0.25) is 0 Å². The molecular formula is C29H35F3N4O5S3. The summed E-state index contributed by atoms with van der Waals surface area (Å²) in [5.41, 5.74) is -2.71. The lowest BCUT2D eigenvalue weighted by Gasteiger charge is -2.44. The van der Waals surface area contributed by atoms with E-state index in [9.17, 15) is 35.1 Å². The lowest BCUT2D eigenvalue weighted by Crippen LogP contribution is -2.59.